The minimum absolute atomic E-state index is 0.00201. The molecule has 3 aliphatic rings. The van der Waals surface area contributed by atoms with Gasteiger partial charge in [0, 0.05) is 31.2 Å². The third kappa shape index (κ3) is 2.90. The Kier molecular flexibility index (Phi) is 4.41. The van der Waals surface area contributed by atoms with Gasteiger partial charge in [-0.05, 0) is 44.9 Å². The fourth-order valence-electron chi connectivity index (χ4n) is 3.89. The first-order valence-electron chi connectivity index (χ1n) is 8.47. The van der Waals surface area contributed by atoms with Crippen LogP contribution in [0.3, 0.4) is 0 Å². The molecular formula is C16H28N2O3. The number of nitrogens with one attached hydrogen (secondary N) is 1. The van der Waals surface area contributed by atoms with Crippen LogP contribution in [0, 0.1) is 11.3 Å². The van der Waals surface area contributed by atoms with Gasteiger partial charge in [-0.25, -0.2) is 4.79 Å². The summed E-state index contributed by atoms with van der Waals surface area (Å²) in [4.78, 5) is 14.2. The largest absolute Gasteiger partial charge is 0.395 e. The van der Waals surface area contributed by atoms with Gasteiger partial charge < -0.3 is 20.1 Å². The number of hydrogen-bond acceptors (Lipinski definition) is 3. The molecule has 21 heavy (non-hydrogen) atoms. The van der Waals surface area contributed by atoms with Gasteiger partial charge in [-0.1, -0.05) is 6.42 Å². The molecule has 3 rings (SSSR count). The first-order chi connectivity index (χ1) is 10.2. The van der Waals surface area contributed by atoms with E-state index in [4.69, 9.17) is 9.84 Å². The molecule has 0 aromatic carbocycles. The van der Waals surface area contributed by atoms with Gasteiger partial charge in [0.25, 0.3) is 0 Å². The summed E-state index contributed by atoms with van der Waals surface area (Å²) >= 11 is 0. The highest BCUT2D eigenvalue weighted by atomic mass is 16.5. The molecule has 120 valence electrons. The van der Waals surface area contributed by atoms with Crippen molar-refractivity contribution in [2.24, 2.45) is 11.3 Å². The number of hydrogen-bond donors (Lipinski definition) is 2. The zero-order chi connectivity index (χ0) is 14.9. The van der Waals surface area contributed by atoms with Crippen LogP contribution in [-0.2, 0) is 4.74 Å². The molecule has 2 N–H and O–H groups in total. The van der Waals surface area contributed by atoms with Crippen LogP contribution in [0.25, 0.3) is 0 Å². The zero-order valence-corrected chi connectivity index (χ0v) is 13.0. The van der Waals surface area contributed by atoms with Crippen LogP contribution in [-0.4, -0.2) is 54.5 Å². The molecule has 0 saturated heterocycles. The highest BCUT2D eigenvalue weighted by Crippen LogP contribution is 2.57. The topological polar surface area (TPSA) is 61.8 Å². The Hall–Kier alpha value is -0.810. The number of carbonyl (C=O) groups is 1. The summed E-state index contributed by atoms with van der Waals surface area (Å²) in [5.41, 5.74) is 0.204. The summed E-state index contributed by atoms with van der Waals surface area (Å²) in [7, 11) is 0. The van der Waals surface area contributed by atoms with Crippen LogP contribution in [0.1, 0.15) is 45.4 Å². The predicted octanol–water partition coefficient (Wildman–Crippen LogP) is 1.75. The second kappa shape index (κ2) is 6.13. The van der Waals surface area contributed by atoms with Gasteiger partial charge in [-0.15, -0.1) is 0 Å². The van der Waals surface area contributed by atoms with Crippen molar-refractivity contribution >= 4 is 6.03 Å². The molecule has 5 heteroatoms. The number of aliphatic hydroxyl groups excluding tert-OH is 1. The zero-order valence-electron chi connectivity index (χ0n) is 13.0. The van der Waals surface area contributed by atoms with Crippen molar-refractivity contribution in [3.05, 3.63) is 0 Å². The quantitative estimate of drug-likeness (QED) is 0.752. The van der Waals surface area contributed by atoms with Gasteiger partial charge in [-0.2, -0.15) is 0 Å². The normalized spacial score (nSPS) is 29.6. The highest BCUT2D eigenvalue weighted by molar-refractivity contribution is 5.75. The molecule has 2 amide bonds. The predicted molar refractivity (Wildman–Crippen MR) is 80.0 cm³/mol. The maximum atomic E-state index is 12.5. The third-order valence-corrected chi connectivity index (χ3v) is 5.57. The van der Waals surface area contributed by atoms with Crippen LogP contribution < -0.4 is 5.32 Å². The van der Waals surface area contributed by atoms with Crippen LogP contribution in [0.15, 0.2) is 0 Å². The minimum atomic E-state index is 0.00201. The average molecular weight is 296 g/mol. The standard InChI is InChI=1S/C16H28N2O3/c1-2-21-14-10-13(16(14)6-3-7-16)17-15(20)18(8-9-19)11-12-4-5-12/h12-14,19H,2-11H2,1H3,(H,17,20)/t13-,14-/m0/s1. The summed E-state index contributed by atoms with van der Waals surface area (Å²) in [5.74, 6) is 0.650. The van der Waals surface area contributed by atoms with E-state index in [9.17, 15) is 4.79 Å². The molecule has 3 saturated carbocycles. The SMILES string of the molecule is CCO[C@H]1C[C@H](NC(=O)N(CCO)CC2CC2)C12CCC2. The lowest BCUT2D eigenvalue weighted by atomic mass is 9.51. The van der Waals surface area contributed by atoms with Gasteiger partial charge in [0.1, 0.15) is 0 Å². The van der Waals surface area contributed by atoms with Crippen LogP contribution in [0.5, 0.6) is 0 Å². The van der Waals surface area contributed by atoms with Crippen molar-refractivity contribution in [2.75, 3.05) is 26.3 Å². The Morgan fingerprint density at radius 2 is 2.19 bits per heavy atom. The third-order valence-electron chi connectivity index (χ3n) is 5.57. The van der Waals surface area contributed by atoms with Crippen LogP contribution in [0.2, 0.25) is 0 Å². The summed E-state index contributed by atoms with van der Waals surface area (Å²) in [6, 6.07) is 0.262. The summed E-state index contributed by atoms with van der Waals surface area (Å²) in [6.07, 6.45) is 7.30. The summed E-state index contributed by atoms with van der Waals surface area (Å²) in [5, 5.41) is 12.4. The van der Waals surface area contributed by atoms with E-state index >= 15 is 0 Å². The fraction of sp³-hybridized carbons (Fsp3) is 0.938. The van der Waals surface area contributed by atoms with Gasteiger partial charge in [0.2, 0.25) is 0 Å². The van der Waals surface area contributed by atoms with E-state index in [0.29, 0.717) is 18.6 Å². The molecule has 0 radical (unpaired) electrons. The molecule has 0 unspecified atom stereocenters. The molecular weight excluding hydrogens is 268 g/mol. The molecule has 0 bridgehead atoms. The Labute approximate surface area is 127 Å². The van der Waals surface area contributed by atoms with Gasteiger partial charge in [0.05, 0.1) is 12.7 Å². The lowest BCUT2D eigenvalue weighted by Gasteiger charge is -2.61. The Balaban J connectivity index is 1.54. The molecule has 0 aromatic rings. The lowest BCUT2D eigenvalue weighted by molar-refractivity contribution is -0.169. The molecule has 5 nitrogen and oxygen atoms in total. The number of amides is 2. The Morgan fingerprint density at radius 3 is 2.71 bits per heavy atom. The number of rotatable bonds is 7. The Bertz CT molecular complexity index is 380. The molecule has 3 fully saturated rings. The monoisotopic (exact) mass is 296 g/mol. The molecule has 2 atom stereocenters. The van der Waals surface area contributed by atoms with E-state index in [0.717, 1.165) is 19.6 Å². The second-order valence-corrected chi connectivity index (χ2v) is 6.88. The number of carbonyl (C=O) groups excluding carboxylic acids is 1. The van der Waals surface area contributed by atoms with Crippen molar-refractivity contribution < 1.29 is 14.6 Å². The van der Waals surface area contributed by atoms with E-state index in [2.05, 4.69) is 5.32 Å². The summed E-state index contributed by atoms with van der Waals surface area (Å²) < 4.78 is 5.83. The van der Waals surface area contributed by atoms with Gasteiger partial charge >= 0.3 is 6.03 Å². The maximum Gasteiger partial charge on any atom is 0.317 e. The molecule has 0 aliphatic heterocycles. The van der Waals surface area contributed by atoms with Gasteiger partial charge in [-0.3, -0.25) is 0 Å². The van der Waals surface area contributed by atoms with Crippen molar-refractivity contribution in [1.82, 2.24) is 10.2 Å². The van der Waals surface area contributed by atoms with E-state index in [1.807, 2.05) is 6.92 Å². The van der Waals surface area contributed by atoms with E-state index in [-0.39, 0.29) is 24.1 Å². The molecule has 1 spiro atoms. The Morgan fingerprint density at radius 1 is 1.43 bits per heavy atom. The number of aliphatic hydroxyl groups is 1. The smallest absolute Gasteiger partial charge is 0.317 e. The van der Waals surface area contributed by atoms with Crippen molar-refractivity contribution in [2.45, 2.75) is 57.6 Å². The number of urea groups is 1. The molecule has 3 aliphatic carbocycles. The highest BCUT2D eigenvalue weighted by Gasteiger charge is 2.59. The number of ether oxygens (including phenoxy) is 1. The van der Waals surface area contributed by atoms with E-state index in [1.165, 1.54) is 32.1 Å². The van der Waals surface area contributed by atoms with Crippen LogP contribution >= 0.6 is 0 Å². The lowest BCUT2D eigenvalue weighted by Crippen LogP contribution is -2.68. The van der Waals surface area contributed by atoms with Crippen molar-refractivity contribution in [3.8, 4) is 0 Å². The number of nitrogens with zero attached hydrogens (tertiary/aromatic N) is 1. The van der Waals surface area contributed by atoms with Crippen LogP contribution in [0.4, 0.5) is 4.79 Å². The molecule has 0 heterocycles. The minimum Gasteiger partial charge on any atom is -0.395 e. The first kappa shape index (κ1) is 15.1. The van der Waals surface area contributed by atoms with E-state index < -0.39 is 0 Å². The van der Waals surface area contributed by atoms with Crippen molar-refractivity contribution in [3.63, 3.8) is 0 Å². The molecule has 0 aromatic heterocycles. The van der Waals surface area contributed by atoms with Crippen molar-refractivity contribution in [1.29, 1.82) is 0 Å². The summed E-state index contributed by atoms with van der Waals surface area (Å²) in [6.45, 7) is 4.07. The fourth-order valence-corrected chi connectivity index (χ4v) is 3.89. The maximum absolute atomic E-state index is 12.5. The van der Waals surface area contributed by atoms with E-state index in [1.54, 1.807) is 4.90 Å². The average Bonchev–Trinajstić information content (AvgIpc) is 3.18. The van der Waals surface area contributed by atoms with Gasteiger partial charge in [0.15, 0.2) is 0 Å². The second-order valence-electron chi connectivity index (χ2n) is 6.88. The first-order valence-corrected chi connectivity index (χ1v) is 8.47.